The number of pyridine rings is 1. The average molecular weight is 252 g/mol. The lowest BCUT2D eigenvalue weighted by atomic mass is 9.91. The molecule has 0 saturated heterocycles. The van der Waals surface area contributed by atoms with Gasteiger partial charge in [-0.2, -0.15) is 0 Å². The van der Waals surface area contributed by atoms with Gasteiger partial charge in [0.15, 0.2) is 0 Å². The number of nitro groups is 1. The van der Waals surface area contributed by atoms with Crippen LogP contribution in [-0.4, -0.2) is 22.0 Å². The van der Waals surface area contributed by atoms with E-state index in [1.807, 2.05) is 6.92 Å². The Kier molecular flexibility index (Phi) is 4.61. The summed E-state index contributed by atoms with van der Waals surface area (Å²) in [6, 6.07) is 3.04. The highest BCUT2D eigenvalue weighted by Gasteiger charge is 2.24. The van der Waals surface area contributed by atoms with Gasteiger partial charge in [0.2, 0.25) is 0 Å². The molecule has 1 atom stereocenters. The fourth-order valence-corrected chi connectivity index (χ4v) is 1.96. The highest BCUT2D eigenvalue weighted by Crippen LogP contribution is 2.21. The maximum atomic E-state index is 10.5. The molecule has 6 nitrogen and oxygen atoms in total. The summed E-state index contributed by atoms with van der Waals surface area (Å²) in [5, 5.41) is 13.8. The van der Waals surface area contributed by atoms with Gasteiger partial charge in [0, 0.05) is 18.2 Å². The van der Waals surface area contributed by atoms with Crippen molar-refractivity contribution in [1.29, 1.82) is 0 Å². The highest BCUT2D eigenvalue weighted by atomic mass is 16.6. The lowest BCUT2D eigenvalue weighted by molar-refractivity contribution is -0.385. The Hall–Kier alpha value is -1.69. The number of nitrogens with one attached hydrogen (secondary N) is 1. The van der Waals surface area contributed by atoms with Crippen LogP contribution in [0.3, 0.4) is 0 Å². The highest BCUT2D eigenvalue weighted by molar-refractivity contribution is 5.42. The Labute approximate surface area is 107 Å². The van der Waals surface area contributed by atoms with Crippen LogP contribution in [-0.2, 0) is 0 Å². The van der Waals surface area contributed by atoms with Crippen molar-refractivity contribution in [2.24, 2.45) is 11.7 Å². The molecule has 1 unspecified atom stereocenters. The van der Waals surface area contributed by atoms with E-state index in [4.69, 9.17) is 5.73 Å². The van der Waals surface area contributed by atoms with E-state index in [1.165, 1.54) is 12.3 Å². The summed E-state index contributed by atoms with van der Waals surface area (Å²) in [5.74, 6) is 1.11. The second-order valence-electron chi connectivity index (χ2n) is 5.15. The molecule has 0 amide bonds. The molecule has 1 heterocycles. The Morgan fingerprint density at radius 3 is 2.61 bits per heavy atom. The summed E-state index contributed by atoms with van der Waals surface area (Å²) in [6.07, 6.45) is 2.15. The van der Waals surface area contributed by atoms with E-state index in [0.29, 0.717) is 18.3 Å². The van der Waals surface area contributed by atoms with Crippen LogP contribution in [0.25, 0.3) is 0 Å². The first kappa shape index (κ1) is 14.4. The molecule has 0 aliphatic rings. The van der Waals surface area contributed by atoms with Gasteiger partial charge >= 0.3 is 0 Å². The van der Waals surface area contributed by atoms with Crippen LogP contribution in [0.4, 0.5) is 11.5 Å². The summed E-state index contributed by atoms with van der Waals surface area (Å²) in [5.41, 5.74) is 5.52. The molecule has 0 aromatic carbocycles. The average Bonchev–Trinajstić information content (AvgIpc) is 2.28. The third kappa shape index (κ3) is 3.96. The summed E-state index contributed by atoms with van der Waals surface area (Å²) in [6.45, 7) is 6.75. The van der Waals surface area contributed by atoms with Crippen LogP contribution >= 0.6 is 0 Å². The number of nitrogens with two attached hydrogens (primary N) is 1. The van der Waals surface area contributed by atoms with Crippen molar-refractivity contribution >= 4 is 11.5 Å². The molecule has 3 N–H and O–H groups in total. The van der Waals surface area contributed by atoms with E-state index >= 15 is 0 Å². The van der Waals surface area contributed by atoms with Crippen molar-refractivity contribution in [1.82, 2.24) is 4.98 Å². The largest absolute Gasteiger partial charge is 0.364 e. The molecule has 0 fully saturated rings. The van der Waals surface area contributed by atoms with E-state index in [1.54, 1.807) is 6.07 Å². The summed E-state index contributed by atoms with van der Waals surface area (Å²) >= 11 is 0. The maximum absolute atomic E-state index is 10.5. The Morgan fingerprint density at radius 2 is 2.22 bits per heavy atom. The van der Waals surface area contributed by atoms with E-state index in [2.05, 4.69) is 24.1 Å². The van der Waals surface area contributed by atoms with E-state index in [-0.39, 0.29) is 11.2 Å². The molecule has 6 heteroatoms. The number of hydrogen-bond acceptors (Lipinski definition) is 5. The van der Waals surface area contributed by atoms with Crippen LogP contribution in [0, 0.1) is 16.0 Å². The van der Waals surface area contributed by atoms with Gasteiger partial charge in [-0.25, -0.2) is 4.98 Å². The third-order valence-electron chi connectivity index (χ3n) is 2.70. The zero-order valence-corrected chi connectivity index (χ0v) is 11.0. The van der Waals surface area contributed by atoms with Crippen LogP contribution in [0.2, 0.25) is 0 Å². The molecule has 1 rings (SSSR count). The van der Waals surface area contributed by atoms with Gasteiger partial charge < -0.3 is 11.1 Å². The molecule has 0 radical (unpaired) electrons. The normalized spacial score (nSPS) is 14.3. The zero-order valence-electron chi connectivity index (χ0n) is 11.0. The minimum Gasteiger partial charge on any atom is -0.364 e. The molecule has 0 bridgehead atoms. The standard InChI is InChI=1S/C12H20N4O2/c1-9(2)6-12(3,8-13)15-11-5-4-10(7-14-11)16(17)18/h4-5,7,9H,6,8,13H2,1-3H3,(H,14,15). The van der Waals surface area contributed by atoms with Crippen molar-refractivity contribution in [3.63, 3.8) is 0 Å². The quantitative estimate of drug-likeness (QED) is 0.597. The topological polar surface area (TPSA) is 94.1 Å². The molecular weight excluding hydrogens is 232 g/mol. The van der Waals surface area contributed by atoms with Gasteiger partial charge in [-0.15, -0.1) is 0 Å². The van der Waals surface area contributed by atoms with E-state index < -0.39 is 4.92 Å². The monoisotopic (exact) mass is 252 g/mol. The predicted molar refractivity (Wildman–Crippen MR) is 71.4 cm³/mol. The second kappa shape index (κ2) is 5.77. The van der Waals surface area contributed by atoms with Crippen molar-refractivity contribution in [2.45, 2.75) is 32.7 Å². The molecule has 0 spiro atoms. The van der Waals surface area contributed by atoms with Crippen molar-refractivity contribution < 1.29 is 4.92 Å². The van der Waals surface area contributed by atoms with Crippen LogP contribution < -0.4 is 11.1 Å². The SMILES string of the molecule is CC(C)CC(C)(CN)Nc1ccc([N+](=O)[O-])cn1. The summed E-state index contributed by atoms with van der Waals surface area (Å²) in [7, 11) is 0. The van der Waals surface area contributed by atoms with Gasteiger partial charge in [0.25, 0.3) is 5.69 Å². The number of rotatable bonds is 6. The smallest absolute Gasteiger partial charge is 0.287 e. The Balaban J connectivity index is 2.79. The van der Waals surface area contributed by atoms with Gasteiger partial charge in [0.1, 0.15) is 12.0 Å². The minimum atomic E-state index is -0.465. The minimum absolute atomic E-state index is 0.0149. The summed E-state index contributed by atoms with van der Waals surface area (Å²) in [4.78, 5) is 14.1. The van der Waals surface area contributed by atoms with Crippen molar-refractivity contribution in [3.05, 3.63) is 28.4 Å². The fraction of sp³-hybridized carbons (Fsp3) is 0.583. The number of nitrogens with zero attached hydrogens (tertiary/aromatic N) is 2. The Bertz CT molecular complexity index is 405. The van der Waals surface area contributed by atoms with Gasteiger partial charge in [-0.05, 0) is 25.3 Å². The molecule has 0 saturated carbocycles. The van der Waals surface area contributed by atoms with Crippen molar-refractivity contribution in [2.75, 3.05) is 11.9 Å². The molecule has 0 aliphatic carbocycles. The lowest BCUT2D eigenvalue weighted by Crippen LogP contribution is -2.43. The first-order chi connectivity index (χ1) is 8.36. The van der Waals surface area contributed by atoms with Crippen LogP contribution in [0.15, 0.2) is 18.3 Å². The predicted octanol–water partition coefficient (Wildman–Crippen LogP) is 2.17. The lowest BCUT2D eigenvalue weighted by Gasteiger charge is -2.31. The van der Waals surface area contributed by atoms with Gasteiger partial charge in [0.05, 0.1) is 4.92 Å². The van der Waals surface area contributed by atoms with E-state index in [9.17, 15) is 10.1 Å². The number of hydrogen-bond donors (Lipinski definition) is 2. The zero-order chi connectivity index (χ0) is 13.8. The number of anilines is 1. The maximum Gasteiger partial charge on any atom is 0.287 e. The van der Waals surface area contributed by atoms with Crippen molar-refractivity contribution in [3.8, 4) is 0 Å². The van der Waals surface area contributed by atoms with Gasteiger partial charge in [-0.1, -0.05) is 13.8 Å². The molecular formula is C12H20N4O2. The summed E-state index contributed by atoms with van der Waals surface area (Å²) < 4.78 is 0. The molecule has 100 valence electrons. The molecule has 1 aromatic rings. The first-order valence-corrected chi connectivity index (χ1v) is 5.95. The third-order valence-corrected chi connectivity index (χ3v) is 2.70. The molecule has 18 heavy (non-hydrogen) atoms. The fourth-order valence-electron chi connectivity index (χ4n) is 1.96. The number of aromatic nitrogens is 1. The first-order valence-electron chi connectivity index (χ1n) is 5.95. The Morgan fingerprint density at radius 1 is 1.56 bits per heavy atom. The molecule has 0 aliphatic heterocycles. The van der Waals surface area contributed by atoms with E-state index in [0.717, 1.165) is 6.42 Å². The van der Waals surface area contributed by atoms with Crippen LogP contribution in [0.1, 0.15) is 27.2 Å². The van der Waals surface area contributed by atoms with Crippen LogP contribution in [0.5, 0.6) is 0 Å². The van der Waals surface area contributed by atoms with Gasteiger partial charge in [-0.3, -0.25) is 10.1 Å². The second-order valence-corrected chi connectivity index (χ2v) is 5.15. The molecule has 1 aromatic heterocycles.